The molecule has 0 aromatic carbocycles. The number of hydrogen-bond donors (Lipinski definition) is 3. The zero-order valence-electron chi connectivity index (χ0n) is 17.6. The maximum Gasteiger partial charge on any atom is 0.323 e. The van der Waals surface area contributed by atoms with E-state index in [1.165, 1.54) is 0 Å². The standard InChI is InChI=1S/C19H34N2O8/c1-5-11(3)16(20)18(25)28-10-13(9-27-15(24)8-7-14(22)23)29-19(26)17(21)12(4)6-2/h11-13,16-17H,5-10,20-21H2,1-4H3,(H,22,23)/t11-,12-,13?,16-,17-/m0/s1. The number of hydrogen-bond acceptors (Lipinski definition) is 9. The van der Waals surface area contributed by atoms with Crippen LogP contribution >= 0.6 is 0 Å². The summed E-state index contributed by atoms with van der Waals surface area (Å²) in [7, 11) is 0. The van der Waals surface area contributed by atoms with Gasteiger partial charge in [-0.1, -0.05) is 40.5 Å². The van der Waals surface area contributed by atoms with Crippen LogP contribution in [0.15, 0.2) is 0 Å². The second-order valence-electron chi connectivity index (χ2n) is 7.09. The van der Waals surface area contributed by atoms with Crippen LogP contribution in [0.4, 0.5) is 0 Å². The largest absolute Gasteiger partial charge is 0.481 e. The predicted molar refractivity (Wildman–Crippen MR) is 104 cm³/mol. The summed E-state index contributed by atoms with van der Waals surface area (Å²) in [5.74, 6) is -3.53. The highest BCUT2D eigenvalue weighted by molar-refractivity contribution is 5.77. The lowest BCUT2D eigenvalue weighted by Gasteiger charge is -2.23. The van der Waals surface area contributed by atoms with Crippen LogP contribution in [0.3, 0.4) is 0 Å². The zero-order valence-corrected chi connectivity index (χ0v) is 17.6. The zero-order chi connectivity index (χ0) is 22.6. The summed E-state index contributed by atoms with van der Waals surface area (Å²) in [5, 5.41) is 8.60. The number of rotatable bonds is 14. The lowest BCUT2D eigenvalue weighted by molar-refractivity contribution is -0.169. The number of aliphatic carboxylic acids is 1. The SMILES string of the molecule is CC[C@H](C)[C@H](N)C(=O)OCC(COC(=O)CCC(=O)O)OC(=O)[C@@H](N)[C@@H](C)CC. The van der Waals surface area contributed by atoms with Crippen molar-refractivity contribution >= 4 is 23.9 Å². The van der Waals surface area contributed by atoms with Crippen molar-refractivity contribution in [2.75, 3.05) is 13.2 Å². The molecule has 10 heteroatoms. The first-order valence-electron chi connectivity index (χ1n) is 9.79. The molecule has 0 bridgehead atoms. The van der Waals surface area contributed by atoms with E-state index in [1.54, 1.807) is 13.8 Å². The van der Waals surface area contributed by atoms with Crippen LogP contribution < -0.4 is 11.5 Å². The van der Waals surface area contributed by atoms with Crippen LogP contribution in [0.5, 0.6) is 0 Å². The number of nitrogens with two attached hydrogens (primary N) is 2. The normalized spacial score (nSPS) is 16.1. The minimum Gasteiger partial charge on any atom is -0.481 e. The van der Waals surface area contributed by atoms with Gasteiger partial charge in [-0.05, 0) is 11.8 Å². The van der Waals surface area contributed by atoms with E-state index in [9.17, 15) is 19.2 Å². The van der Waals surface area contributed by atoms with Gasteiger partial charge in [0.25, 0.3) is 0 Å². The molecule has 29 heavy (non-hydrogen) atoms. The van der Waals surface area contributed by atoms with Crippen molar-refractivity contribution in [2.45, 2.75) is 71.6 Å². The maximum atomic E-state index is 12.2. The summed E-state index contributed by atoms with van der Waals surface area (Å²) >= 11 is 0. The Kier molecular flexibility index (Phi) is 12.8. The number of carboxylic acid groups (broad SMARTS) is 1. The quantitative estimate of drug-likeness (QED) is 0.268. The molecule has 168 valence electrons. The third-order valence-corrected chi connectivity index (χ3v) is 4.73. The summed E-state index contributed by atoms with van der Waals surface area (Å²) in [6, 6.07) is -1.72. The topological polar surface area (TPSA) is 168 Å². The third kappa shape index (κ3) is 10.8. The Hall–Kier alpha value is -2.20. The molecule has 0 radical (unpaired) electrons. The van der Waals surface area contributed by atoms with Crippen molar-refractivity contribution in [3.05, 3.63) is 0 Å². The van der Waals surface area contributed by atoms with Crippen molar-refractivity contribution in [3.8, 4) is 0 Å². The lowest BCUT2D eigenvalue weighted by Crippen LogP contribution is -2.43. The highest BCUT2D eigenvalue weighted by atomic mass is 16.6. The van der Waals surface area contributed by atoms with Crippen molar-refractivity contribution in [1.29, 1.82) is 0 Å². The molecular weight excluding hydrogens is 384 g/mol. The number of esters is 3. The fourth-order valence-corrected chi connectivity index (χ4v) is 2.07. The highest BCUT2D eigenvalue weighted by Gasteiger charge is 2.28. The molecule has 0 aliphatic carbocycles. The van der Waals surface area contributed by atoms with Gasteiger partial charge in [-0.15, -0.1) is 0 Å². The molecule has 5 atom stereocenters. The van der Waals surface area contributed by atoms with Gasteiger partial charge in [-0.25, -0.2) is 0 Å². The molecule has 0 rings (SSSR count). The molecule has 0 aliphatic rings. The van der Waals surface area contributed by atoms with Crippen LogP contribution in [-0.4, -0.2) is 60.4 Å². The Morgan fingerprint density at radius 1 is 0.828 bits per heavy atom. The Balaban J connectivity index is 4.90. The first-order valence-corrected chi connectivity index (χ1v) is 9.79. The molecule has 0 saturated carbocycles. The van der Waals surface area contributed by atoms with Gasteiger partial charge >= 0.3 is 23.9 Å². The summed E-state index contributed by atoms with van der Waals surface area (Å²) in [6.45, 7) is 6.58. The molecule has 10 nitrogen and oxygen atoms in total. The van der Waals surface area contributed by atoms with Gasteiger partial charge in [0.1, 0.15) is 25.3 Å². The van der Waals surface area contributed by atoms with Gasteiger partial charge in [0.15, 0.2) is 6.10 Å². The molecule has 5 N–H and O–H groups in total. The first-order chi connectivity index (χ1) is 13.5. The second kappa shape index (κ2) is 13.9. The molecule has 0 fully saturated rings. The summed E-state index contributed by atoms with van der Waals surface area (Å²) in [5.41, 5.74) is 11.7. The molecule has 0 heterocycles. The van der Waals surface area contributed by atoms with Gasteiger partial charge in [-0.3, -0.25) is 19.2 Å². The van der Waals surface area contributed by atoms with E-state index in [2.05, 4.69) is 0 Å². The van der Waals surface area contributed by atoms with E-state index in [4.69, 9.17) is 30.8 Å². The van der Waals surface area contributed by atoms with Crippen LogP contribution in [0.2, 0.25) is 0 Å². The smallest absolute Gasteiger partial charge is 0.323 e. The minimum atomic E-state index is -1.14. The highest BCUT2D eigenvalue weighted by Crippen LogP contribution is 2.11. The van der Waals surface area contributed by atoms with E-state index < -0.39 is 48.7 Å². The fourth-order valence-electron chi connectivity index (χ4n) is 2.07. The number of carbonyl (C=O) groups excluding carboxylic acids is 3. The Morgan fingerprint density at radius 2 is 1.31 bits per heavy atom. The average Bonchev–Trinajstić information content (AvgIpc) is 2.70. The molecule has 0 aliphatic heterocycles. The monoisotopic (exact) mass is 418 g/mol. The summed E-state index contributed by atoms with van der Waals surface area (Å²) < 4.78 is 15.3. The molecule has 0 spiro atoms. The minimum absolute atomic E-state index is 0.101. The maximum absolute atomic E-state index is 12.2. The van der Waals surface area contributed by atoms with Gasteiger partial charge < -0.3 is 30.8 Å². The molecule has 1 unspecified atom stereocenters. The van der Waals surface area contributed by atoms with Crippen molar-refractivity contribution < 1.29 is 38.5 Å². The lowest BCUT2D eigenvalue weighted by atomic mass is 10.0. The third-order valence-electron chi connectivity index (χ3n) is 4.73. The van der Waals surface area contributed by atoms with E-state index in [0.717, 1.165) is 0 Å². The first kappa shape index (κ1) is 26.8. The molecule has 0 saturated heterocycles. The van der Waals surface area contributed by atoms with Gasteiger partial charge in [0.2, 0.25) is 0 Å². The van der Waals surface area contributed by atoms with Gasteiger partial charge in [0, 0.05) is 0 Å². The van der Waals surface area contributed by atoms with Crippen LogP contribution in [-0.2, 0) is 33.4 Å². The van der Waals surface area contributed by atoms with Crippen LogP contribution in [0.1, 0.15) is 53.4 Å². The molecular formula is C19H34N2O8. The summed E-state index contributed by atoms with van der Waals surface area (Å²) in [4.78, 5) is 46.4. The second-order valence-corrected chi connectivity index (χ2v) is 7.09. The number of carboxylic acids is 1. The van der Waals surface area contributed by atoms with E-state index in [-0.39, 0.29) is 31.3 Å². The average molecular weight is 418 g/mol. The molecule has 0 amide bonds. The van der Waals surface area contributed by atoms with Crippen LogP contribution in [0.25, 0.3) is 0 Å². The Morgan fingerprint density at radius 3 is 1.79 bits per heavy atom. The van der Waals surface area contributed by atoms with Crippen molar-refractivity contribution in [3.63, 3.8) is 0 Å². The fraction of sp³-hybridized carbons (Fsp3) is 0.789. The number of carbonyl (C=O) groups is 4. The van der Waals surface area contributed by atoms with Gasteiger partial charge in [0.05, 0.1) is 12.8 Å². The van der Waals surface area contributed by atoms with Crippen molar-refractivity contribution in [2.24, 2.45) is 23.3 Å². The van der Waals surface area contributed by atoms with E-state index in [0.29, 0.717) is 12.8 Å². The van der Waals surface area contributed by atoms with E-state index in [1.807, 2.05) is 13.8 Å². The molecule has 0 aromatic heterocycles. The Bertz CT molecular complexity index is 554. The predicted octanol–water partition coefficient (Wildman–Crippen LogP) is 0.596. The van der Waals surface area contributed by atoms with Crippen molar-refractivity contribution in [1.82, 2.24) is 0 Å². The summed E-state index contributed by atoms with van der Waals surface area (Å²) in [6.07, 6.45) is -0.467. The number of ether oxygens (including phenoxy) is 3. The van der Waals surface area contributed by atoms with E-state index >= 15 is 0 Å². The van der Waals surface area contributed by atoms with Crippen LogP contribution in [0, 0.1) is 11.8 Å². The Labute approximate surface area is 171 Å². The van der Waals surface area contributed by atoms with Gasteiger partial charge in [-0.2, -0.15) is 0 Å². The molecule has 0 aromatic rings.